The van der Waals surface area contributed by atoms with E-state index in [1.165, 1.54) is 19.3 Å². The fourth-order valence-electron chi connectivity index (χ4n) is 2.29. The standard InChI is InChI=1S/C11H20N2O2/c1-9-8-15-11(14)7-13(9)6-10-4-2-3-5-12-10/h9-10,12H,2-8H2,1H3. The molecule has 2 rings (SSSR count). The van der Waals surface area contributed by atoms with E-state index in [4.69, 9.17) is 4.74 Å². The summed E-state index contributed by atoms with van der Waals surface area (Å²) in [7, 11) is 0. The monoisotopic (exact) mass is 212 g/mol. The predicted molar refractivity (Wildman–Crippen MR) is 57.6 cm³/mol. The highest BCUT2D eigenvalue weighted by atomic mass is 16.5. The normalized spacial score (nSPS) is 33.8. The molecule has 2 aliphatic heterocycles. The van der Waals surface area contributed by atoms with Crippen LogP contribution in [0.5, 0.6) is 0 Å². The van der Waals surface area contributed by atoms with Gasteiger partial charge in [-0.3, -0.25) is 9.69 Å². The number of rotatable bonds is 2. The van der Waals surface area contributed by atoms with Crippen LogP contribution in [0.1, 0.15) is 26.2 Å². The Hall–Kier alpha value is -0.610. The predicted octanol–water partition coefficient (Wildman–Crippen LogP) is 0.376. The Kier molecular flexibility index (Phi) is 3.59. The Balaban J connectivity index is 1.83. The van der Waals surface area contributed by atoms with E-state index in [0.717, 1.165) is 13.1 Å². The number of morpholine rings is 1. The Morgan fingerprint density at radius 3 is 3.13 bits per heavy atom. The number of cyclic esters (lactones) is 1. The zero-order chi connectivity index (χ0) is 10.7. The maximum atomic E-state index is 11.2. The van der Waals surface area contributed by atoms with Crippen LogP contribution < -0.4 is 5.32 Å². The lowest BCUT2D eigenvalue weighted by atomic mass is 10.0. The van der Waals surface area contributed by atoms with Gasteiger partial charge in [0.25, 0.3) is 0 Å². The molecule has 0 aromatic carbocycles. The van der Waals surface area contributed by atoms with Crippen LogP contribution in [-0.4, -0.2) is 49.2 Å². The second-order valence-electron chi connectivity index (χ2n) is 4.61. The summed E-state index contributed by atoms with van der Waals surface area (Å²) in [6.45, 7) is 5.23. The van der Waals surface area contributed by atoms with Crippen molar-refractivity contribution in [3.05, 3.63) is 0 Å². The van der Waals surface area contributed by atoms with Gasteiger partial charge in [0.1, 0.15) is 6.61 Å². The van der Waals surface area contributed by atoms with Gasteiger partial charge in [0, 0.05) is 18.6 Å². The maximum absolute atomic E-state index is 11.2. The fourth-order valence-corrected chi connectivity index (χ4v) is 2.29. The van der Waals surface area contributed by atoms with Crippen LogP contribution in [0.4, 0.5) is 0 Å². The first-order chi connectivity index (χ1) is 7.25. The second-order valence-corrected chi connectivity index (χ2v) is 4.61. The molecule has 86 valence electrons. The Morgan fingerprint density at radius 2 is 2.40 bits per heavy atom. The Morgan fingerprint density at radius 1 is 1.53 bits per heavy atom. The molecule has 2 saturated heterocycles. The summed E-state index contributed by atoms with van der Waals surface area (Å²) in [5.74, 6) is -0.0797. The van der Waals surface area contributed by atoms with Crippen molar-refractivity contribution in [3.8, 4) is 0 Å². The summed E-state index contributed by atoms with van der Waals surface area (Å²) < 4.78 is 5.01. The van der Waals surface area contributed by atoms with Gasteiger partial charge in [-0.2, -0.15) is 0 Å². The van der Waals surface area contributed by atoms with Crippen molar-refractivity contribution in [1.82, 2.24) is 10.2 Å². The van der Waals surface area contributed by atoms with E-state index in [-0.39, 0.29) is 5.97 Å². The third kappa shape index (κ3) is 2.92. The average Bonchev–Trinajstić information content (AvgIpc) is 2.25. The van der Waals surface area contributed by atoms with Crippen LogP contribution in [-0.2, 0) is 9.53 Å². The van der Waals surface area contributed by atoms with E-state index < -0.39 is 0 Å². The molecule has 0 aliphatic carbocycles. The summed E-state index contributed by atoms with van der Waals surface area (Å²) in [6.07, 6.45) is 3.83. The highest BCUT2D eigenvalue weighted by Gasteiger charge is 2.27. The zero-order valence-corrected chi connectivity index (χ0v) is 9.37. The van der Waals surface area contributed by atoms with Gasteiger partial charge >= 0.3 is 5.97 Å². The number of ether oxygens (including phenoxy) is 1. The molecular formula is C11H20N2O2. The molecule has 4 nitrogen and oxygen atoms in total. The number of nitrogens with zero attached hydrogens (tertiary/aromatic N) is 1. The molecule has 2 fully saturated rings. The van der Waals surface area contributed by atoms with Crippen molar-refractivity contribution < 1.29 is 9.53 Å². The highest BCUT2D eigenvalue weighted by molar-refractivity contribution is 5.72. The molecule has 2 atom stereocenters. The van der Waals surface area contributed by atoms with Gasteiger partial charge in [-0.1, -0.05) is 6.42 Å². The number of hydrogen-bond acceptors (Lipinski definition) is 4. The van der Waals surface area contributed by atoms with Crippen molar-refractivity contribution >= 4 is 5.97 Å². The Bertz CT molecular complexity index is 227. The molecule has 0 radical (unpaired) electrons. The fraction of sp³-hybridized carbons (Fsp3) is 0.909. The van der Waals surface area contributed by atoms with Gasteiger partial charge in [-0.25, -0.2) is 0 Å². The third-order valence-corrected chi connectivity index (χ3v) is 3.31. The minimum Gasteiger partial charge on any atom is -0.463 e. The van der Waals surface area contributed by atoms with E-state index >= 15 is 0 Å². The minimum atomic E-state index is -0.0797. The second kappa shape index (κ2) is 4.94. The molecule has 0 spiro atoms. The maximum Gasteiger partial charge on any atom is 0.320 e. The quantitative estimate of drug-likeness (QED) is 0.672. The number of hydrogen-bond donors (Lipinski definition) is 1. The highest BCUT2D eigenvalue weighted by Crippen LogP contribution is 2.12. The van der Waals surface area contributed by atoms with Crippen molar-refractivity contribution in [1.29, 1.82) is 0 Å². The number of carbonyl (C=O) groups is 1. The SMILES string of the molecule is CC1COC(=O)CN1CC1CCCCN1. The molecule has 0 aromatic rings. The molecule has 15 heavy (non-hydrogen) atoms. The van der Waals surface area contributed by atoms with E-state index in [2.05, 4.69) is 17.1 Å². The molecule has 0 bridgehead atoms. The van der Waals surface area contributed by atoms with Gasteiger partial charge in [-0.15, -0.1) is 0 Å². The lowest BCUT2D eigenvalue weighted by Crippen LogP contribution is -2.52. The molecule has 2 aliphatic rings. The van der Waals surface area contributed by atoms with E-state index in [1.807, 2.05) is 0 Å². The first-order valence-electron chi connectivity index (χ1n) is 5.89. The van der Waals surface area contributed by atoms with Crippen LogP contribution in [0, 0.1) is 0 Å². The van der Waals surface area contributed by atoms with Crippen LogP contribution in [0.3, 0.4) is 0 Å². The van der Waals surface area contributed by atoms with Crippen LogP contribution in [0.25, 0.3) is 0 Å². The van der Waals surface area contributed by atoms with Crippen molar-refractivity contribution in [2.45, 2.75) is 38.3 Å². The van der Waals surface area contributed by atoms with Crippen LogP contribution in [0.15, 0.2) is 0 Å². The molecule has 4 heteroatoms. The molecule has 0 saturated carbocycles. The number of piperidine rings is 1. The summed E-state index contributed by atoms with van der Waals surface area (Å²) in [4.78, 5) is 13.4. The van der Waals surface area contributed by atoms with Gasteiger partial charge < -0.3 is 10.1 Å². The Labute approximate surface area is 91.0 Å². The molecule has 0 amide bonds. The third-order valence-electron chi connectivity index (χ3n) is 3.31. The first-order valence-corrected chi connectivity index (χ1v) is 5.89. The lowest BCUT2D eigenvalue weighted by molar-refractivity contribution is -0.154. The molecular weight excluding hydrogens is 192 g/mol. The average molecular weight is 212 g/mol. The van der Waals surface area contributed by atoms with Gasteiger partial charge in [0.05, 0.1) is 6.54 Å². The van der Waals surface area contributed by atoms with Gasteiger partial charge in [0.15, 0.2) is 0 Å². The van der Waals surface area contributed by atoms with Crippen molar-refractivity contribution in [2.75, 3.05) is 26.2 Å². The molecule has 1 N–H and O–H groups in total. The van der Waals surface area contributed by atoms with E-state index in [1.54, 1.807) is 0 Å². The summed E-state index contributed by atoms with van der Waals surface area (Å²) in [5, 5.41) is 3.51. The number of carbonyl (C=O) groups excluding carboxylic acids is 1. The molecule has 0 aromatic heterocycles. The largest absolute Gasteiger partial charge is 0.463 e. The number of esters is 1. The van der Waals surface area contributed by atoms with Crippen LogP contribution in [0.2, 0.25) is 0 Å². The molecule has 2 heterocycles. The topological polar surface area (TPSA) is 41.6 Å². The van der Waals surface area contributed by atoms with Crippen molar-refractivity contribution in [3.63, 3.8) is 0 Å². The smallest absolute Gasteiger partial charge is 0.320 e. The minimum absolute atomic E-state index is 0.0797. The molecule has 2 unspecified atom stereocenters. The summed E-state index contributed by atoms with van der Waals surface area (Å²) in [6, 6.07) is 0.929. The van der Waals surface area contributed by atoms with Gasteiger partial charge in [-0.05, 0) is 26.3 Å². The van der Waals surface area contributed by atoms with Crippen molar-refractivity contribution in [2.24, 2.45) is 0 Å². The van der Waals surface area contributed by atoms with E-state index in [9.17, 15) is 4.79 Å². The van der Waals surface area contributed by atoms with Gasteiger partial charge in [0.2, 0.25) is 0 Å². The van der Waals surface area contributed by atoms with Crippen LogP contribution >= 0.6 is 0 Å². The first kappa shape index (κ1) is 10.9. The van der Waals surface area contributed by atoms with E-state index in [0.29, 0.717) is 25.2 Å². The summed E-state index contributed by atoms with van der Waals surface area (Å²) in [5.41, 5.74) is 0. The lowest BCUT2D eigenvalue weighted by Gasteiger charge is -2.36. The number of nitrogens with one attached hydrogen (secondary N) is 1. The zero-order valence-electron chi connectivity index (χ0n) is 9.37. The summed E-state index contributed by atoms with van der Waals surface area (Å²) >= 11 is 0.